The van der Waals surface area contributed by atoms with Crippen LogP contribution in [0.4, 0.5) is 0 Å². The van der Waals surface area contributed by atoms with Gasteiger partial charge in [0.05, 0.1) is 20.2 Å². The van der Waals surface area contributed by atoms with Crippen molar-refractivity contribution in [3.8, 4) is 5.88 Å². The first-order valence-corrected chi connectivity index (χ1v) is 6.16. The Balaban J connectivity index is 2.20. The van der Waals surface area contributed by atoms with Gasteiger partial charge in [-0.2, -0.15) is 0 Å². The van der Waals surface area contributed by atoms with Crippen LogP contribution < -0.4 is 10.1 Å². The number of pyridine rings is 1. The van der Waals surface area contributed by atoms with Gasteiger partial charge in [0.25, 0.3) is 0 Å². The zero-order chi connectivity index (χ0) is 13.8. The van der Waals surface area contributed by atoms with Crippen LogP contribution in [0.15, 0.2) is 18.3 Å². The van der Waals surface area contributed by atoms with Crippen molar-refractivity contribution in [1.82, 2.24) is 15.2 Å². The fourth-order valence-corrected chi connectivity index (χ4v) is 2.13. The molecule has 1 atom stereocenters. The summed E-state index contributed by atoms with van der Waals surface area (Å²) in [6, 6.07) is 3.53. The number of nitrogens with zero attached hydrogens (tertiary/aromatic N) is 2. The van der Waals surface area contributed by atoms with Crippen molar-refractivity contribution in [2.24, 2.45) is 0 Å². The van der Waals surface area contributed by atoms with E-state index in [0.29, 0.717) is 18.8 Å². The van der Waals surface area contributed by atoms with Crippen LogP contribution in [0.1, 0.15) is 18.9 Å². The van der Waals surface area contributed by atoms with Crippen molar-refractivity contribution in [1.29, 1.82) is 0 Å². The lowest BCUT2D eigenvalue weighted by molar-refractivity contribution is -0.132. The average molecular weight is 263 g/mol. The van der Waals surface area contributed by atoms with Gasteiger partial charge in [-0.25, -0.2) is 4.98 Å². The molecule has 6 nitrogen and oxygen atoms in total. The second-order valence-corrected chi connectivity index (χ2v) is 4.52. The third-order valence-electron chi connectivity index (χ3n) is 3.15. The smallest absolute Gasteiger partial charge is 0.242 e. The summed E-state index contributed by atoms with van der Waals surface area (Å²) in [6.07, 6.45) is 1.95. The highest BCUT2D eigenvalue weighted by atomic mass is 16.5. The maximum atomic E-state index is 12.0. The second-order valence-electron chi connectivity index (χ2n) is 4.52. The highest BCUT2D eigenvalue weighted by Crippen LogP contribution is 2.19. The van der Waals surface area contributed by atoms with Crippen LogP contribution in [-0.2, 0) is 16.1 Å². The van der Waals surface area contributed by atoms with Crippen LogP contribution in [0.2, 0.25) is 0 Å². The van der Waals surface area contributed by atoms with Crippen molar-refractivity contribution >= 4 is 11.8 Å². The fraction of sp³-hybridized carbons (Fsp3) is 0.462. The maximum absolute atomic E-state index is 12.0. The van der Waals surface area contributed by atoms with E-state index in [2.05, 4.69) is 10.3 Å². The lowest BCUT2D eigenvalue weighted by Gasteiger charge is -2.26. The van der Waals surface area contributed by atoms with Crippen LogP contribution in [0.5, 0.6) is 5.88 Å². The largest absolute Gasteiger partial charge is 0.481 e. The lowest BCUT2D eigenvalue weighted by Crippen LogP contribution is -2.39. The number of carbonyl (C=O) groups excluding carboxylic acids is 2. The molecule has 1 aliphatic heterocycles. The molecule has 1 fully saturated rings. The Hall–Kier alpha value is -2.11. The first-order valence-electron chi connectivity index (χ1n) is 6.16. The van der Waals surface area contributed by atoms with Gasteiger partial charge in [0.15, 0.2) is 0 Å². The molecule has 0 radical (unpaired) electrons. The van der Waals surface area contributed by atoms with Gasteiger partial charge in [0.1, 0.15) is 0 Å². The Morgan fingerprint density at radius 1 is 1.53 bits per heavy atom. The normalized spacial score (nSPS) is 19.9. The molecule has 0 saturated carbocycles. The molecule has 1 aromatic rings. The fourth-order valence-electron chi connectivity index (χ4n) is 2.13. The van der Waals surface area contributed by atoms with E-state index in [4.69, 9.17) is 4.74 Å². The van der Waals surface area contributed by atoms with Crippen LogP contribution >= 0.6 is 0 Å². The summed E-state index contributed by atoms with van der Waals surface area (Å²) in [5, 5.41) is 2.59. The van der Waals surface area contributed by atoms with Gasteiger partial charge in [0.2, 0.25) is 17.7 Å². The molecule has 1 aromatic heterocycles. The van der Waals surface area contributed by atoms with Crippen molar-refractivity contribution in [2.45, 2.75) is 25.9 Å². The zero-order valence-electron chi connectivity index (χ0n) is 11.0. The van der Waals surface area contributed by atoms with E-state index in [1.54, 1.807) is 24.3 Å². The molecular formula is C13H17N3O3. The summed E-state index contributed by atoms with van der Waals surface area (Å²) in [5.74, 6) is 0.316. The van der Waals surface area contributed by atoms with Gasteiger partial charge in [-0.05, 0) is 13.0 Å². The van der Waals surface area contributed by atoms with Gasteiger partial charge in [-0.15, -0.1) is 0 Å². The molecule has 1 unspecified atom stereocenters. The molecule has 0 spiro atoms. The third-order valence-corrected chi connectivity index (χ3v) is 3.15. The Kier molecular flexibility index (Phi) is 3.99. The predicted molar refractivity (Wildman–Crippen MR) is 68.4 cm³/mol. The maximum Gasteiger partial charge on any atom is 0.242 e. The van der Waals surface area contributed by atoms with Gasteiger partial charge in [-0.1, -0.05) is 6.07 Å². The van der Waals surface area contributed by atoms with Crippen molar-refractivity contribution in [2.75, 3.05) is 13.7 Å². The Bertz CT molecular complexity index is 490. The SMILES string of the molecule is COc1ncccc1CN1C(=O)CNC(=O)CC1C. The summed E-state index contributed by atoms with van der Waals surface area (Å²) < 4.78 is 5.18. The van der Waals surface area contributed by atoms with E-state index in [9.17, 15) is 9.59 Å². The number of rotatable bonds is 3. The van der Waals surface area contributed by atoms with Crippen LogP contribution in [0.25, 0.3) is 0 Å². The molecule has 0 aromatic carbocycles. The highest BCUT2D eigenvalue weighted by molar-refractivity contribution is 5.87. The van der Waals surface area contributed by atoms with E-state index >= 15 is 0 Å². The molecule has 2 rings (SSSR count). The molecule has 2 amide bonds. The molecular weight excluding hydrogens is 246 g/mol. The summed E-state index contributed by atoms with van der Waals surface area (Å²) in [7, 11) is 1.55. The first kappa shape index (κ1) is 13.3. The van der Waals surface area contributed by atoms with Crippen LogP contribution in [0, 0.1) is 0 Å². The van der Waals surface area contributed by atoms with Crippen molar-refractivity contribution in [3.05, 3.63) is 23.9 Å². The Labute approximate surface area is 111 Å². The van der Waals surface area contributed by atoms with Gasteiger partial charge in [0, 0.05) is 24.2 Å². The number of methoxy groups -OCH3 is 1. The standard InChI is InChI=1S/C13H17N3O3/c1-9-6-11(17)15-7-12(18)16(9)8-10-4-3-5-14-13(10)19-2/h3-5,9H,6-8H2,1-2H3,(H,15,17). The molecule has 6 heteroatoms. The monoisotopic (exact) mass is 263 g/mol. The van der Waals surface area contributed by atoms with Crippen molar-refractivity contribution in [3.63, 3.8) is 0 Å². The molecule has 2 heterocycles. The lowest BCUT2D eigenvalue weighted by atomic mass is 10.1. The van der Waals surface area contributed by atoms with Crippen LogP contribution in [-0.4, -0.2) is 41.4 Å². The third kappa shape index (κ3) is 3.01. The molecule has 1 N–H and O–H groups in total. The van der Waals surface area contributed by atoms with E-state index in [-0.39, 0.29) is 24.4 Å². The molecule has 102 valence electrons. The summed E-state index contributed by atoms with van der Waals surface area (Å²) in [5.41, 5.74) is 0.833. The Morgan fingerprint density at radius 2 is 2.32 bits per heavy atom. The molecule has 1 aliphatic rings. The number of hydrogen-bond donors (Lipinski definition) is 1. The molecule has 0 bridgehead atoms. The minimum absolute atomic E-state index is 0.0474. The highest BCUT2D eigenvalue weighted by Gasteiger charge is 2.27. The van der Waals surface area contributed by atoms with E-state index < -0.39 is 0 Å². The zero-order valence-corrected chi connectivity index (χ0v) is 11.0. The first-order chi connectivity index (χ1) is 9.11. The number of ether oxygens (including phenoxy) is 1. The van der Waals surface area contributed by atoms with E-state index in [1.165, 1.54) is 0 Å². The number of carbonyl (C=O) groups is 2. The van der Waals surface area contributed by atoms with Gasteiger partial charge < -0.3 is 15.0 Å². The van der Waals surface area contributed by atoms with Gasteiger partial charge >= 0.3 is 0 Å². The topological polar surface area (TPSA) is 71.5 Å². The summed E-state index contributed by atoms with van der Waals surface area (Å²) in [4.78, 5) is 29.2. The van der Waals surface area contributed by atoms with E-state index in [1.807, 2.05) is 13.0 Å². The number of hydrogen-bond acceptors (Lipinski definition) is 4. The molecule has 19 heavy (non-hydrogen) atoms. The molecule has 0 aliphatic carbocycles. The van der Waals surface area contributed by atoms with Crippen molar-refractivity contribution < 1.29 is 14.3 Å². The summed E-state index contributed by atoms with van der Waals surface area (Å²) in [6.45, 7) is 2.31. The van der Waals surface area contributed by atoms with Gasteiger partial charge in [-0.3, -0.25) is 9.59 Å². The minimum Gasteiger partial charge on any atom is -0.481 e. The number of nitrogens with one attached hydrogen (secondary N) is 1. The minimum atomic E-state index is -0.139. The second kappa shape index (κ2) is 5.69. The average Bonchev–Trinajstić information content (AvgIpc) is 2.52. The van der Waals surface area contributed by atoms with E-state index in [0.717, 1.165) is 5.56 Å². The number of aromatic nitrogens is 1. The predicted octanol–water partition coefficient (Wildman–Crippen LogP) is 0.327. The molecule has 1 saturated heterocycles. The number of amides is 2. The van der Waals surface area contributed by atoms with Crippen LogP contribution in [0.3, 0.4) is 0 Å². The quantitative estimate of drug-likeness (QED) is 0.853. The Morgan fingerprint density at radius 3 is 3.05 bits per heavy atom. The summed E-state index contributed by atoms with van der Waals surface area (Å²) >= 11 is 0.